The second-order valence-corrected chi connectivity index (χ2v) is 6.03. The van der Waals surface area contributed by atoms with Crippen molar-refractivity contribution in [3.05, 3.63) is 40.5 Å². The maximum atomic E-state index is 4.71. The Morgan fingerprint density at radius 1 is 1.26 bits per heavy atom. The van der Waals surface area contributed by atoms with Gasteiger partial charge in [0.2, 0.25) is 0 Å². The molecule has 0 bridgehead atoms. The van der Waals surface area contributed by atoms with Gasteiger partial charge in [-0.25, -0.2) is 0 Å². The number of aromatic nitrogens is 2. The Hall–Kier alpha value is -1.13. The molecule has 1 fully saturated rings. The van der Waals surface area contributed by atoms with Gasteiger partial charge < -0.3 is 5.32 Å². The maximum Gasteiger partial charge on any atom is 0.0682 e. The van der Waals surface area contributed by atoms with E-state index in [1.165, 1.54) is 29.8 Å². The van der Waals surface area contributed by atoms with Gasteiger partial charge in [0.1, 0.15) is 0 Å². The lowest BCUT2D eigenvalue weighted by atomic mass is 9.94. The highest BCUT2D eigenvalue weighted by Crippen LogP contribution is 2.29. The van der Waals surface area contributed by atoms with Crippen LogP contribution in [0.4, 0.5) is 0 Å². The summed E-state index contributed by atoms with van der Waals surface area (Å²) in [6.07, 6.45) is 2.38. The smallest absolute Gasteiger partial charge is 0.0682 e. The molecule has 3 nitrogen and oxygen atoms in total. The van der Waals surface area contributed by atoms with Crippen LogP contribution in [0.15, 0.2) is 34.8 Å². The Morgan fingerprint density at radius 2 is 2.05 bits per heavy atom. The summed E-state index contributed by atoms with van der Waals surface area (Å²) in [5.74, 6) is 0.605. The lowest BCUT2D eigenvalue weighted by Gasteiger charge is -2.20. The van der Waals surface area contributed by atoms with E-state index in [4.69, 9.17) is 5.10 Å². The summed E-state index contributed by atoms with van der Waals surface area (Å²) in [7, 11) is 2.03. The highest BCUT2D eigenvalue weighted by Gasteiger charge is 2.19. The summed E-state index contributed by atoms with van der Waals surface area (Å²) < 4.78 is 3.11. The fourth-order valence-electron chi connectivity index (χ4n) is 2.72. The molecule has 1 aliphatic rings. The summed E-state index contributed by atoms with van der Waals surface area (Å²) in [4.78, 5) is 0. The molecule has 0 aliphatic carbocycles. The van der Waals surface area contributed by atoms with Crippen molar-refractivity contribution in [1.82, 2.24) is 15.1 Å². The molecular formula is C15H18BrN3. The number of rotatable bonds is 2. The van der Waals surface area contributed by atoms with E-state index in [0.717, 1.165) is 17.6 Å². The number of nitrogens with zero attached hydrogens (tertiary/aromatic N) is 2. The zero-order valence-electron chi connectivity index (χ0n) is 11.1. The highest BCUT2D eigenvalue weighted by molar-refractivity contribution is 9.10. The molecule has 1 aromatic carbocycles. The van der Waals surface area contributed by atoms with E-state index in [1.54, 1.807) is 0 Å². The van der Waals surface area contributed by atoms with Crippen LogP contribution >= 0.6 is 15.9 Å². The molecule has 0 saturated carbocycles. The Bertz CT molecular complexity index is 571. The fourth-order valence-corrected chi connectivity index (χ4v) is 3.12. The Balaban J connectivity index is 1.92. The molecule has 1 aromatic heterocycles. The minimum Gasteiger partial charge on any atom is -0.317 e. The molecule has 1 aliphatic heterocycles. The standard InChI is InChI=1S/C15H18BrN3/c1-19-15(12-3-2-4-13(16)9-12)10-14(18-19)11-5-7-17-8-6-11/h2-4,9-11,17H,5-8H2,1H3. The average molecular weight is 320 g/mol. The maximum absolute atomic E-state index is 4.71. The van der Waals surface area contributed by atoms with Crippen LogP contribution in [0, 0.1) is 0 Å². The van der Waals surface area contributed by atoms with Crippen LogP contribution < -0.4 is 5.32 Å². The summed E-state index contributed by atoms with van der Waals surface area (Å²) in [5.41, 5.74) is 3.64. The van der Waals surface area contributed by atoms with Crippen molar-refractivity contribution < 1.29 is 0 Å². The van der Waals surface area contributed by atoms with Crippen LogP contribution in [0.2, 0.25) is 0 Å². The van der Waals surface area contributed by atoms with E-state index in [-0.39, 0.29) is 0 Å². The second-order valence-electron chi connectivity index (χ2n) is 5.11. The molecule has 1 saturated heterocycles. The van der Waals surface area contributed by atoms with Crippen LogP contribution in [-0.4, -0.2) is 22.9 Å². The first-order chi connectivity index (χ1) is 9.24. The van der Waals surface area contributed by atoms with Gasteiger partial charge in [0.15, 0.2) is 0 Å². The molecule has 0 unspecified atom stereocenters. The first-order valence-corrected chi connectivity index (χ1v) is 7.54. The first kappa shape index (κ1) is 12.9. The van der Waals surface area contributed by atoms with Crippen molar-refractivity contribution in [2.45, 2.75) is 18.8 Å². The van der Waals surface area contributed by atoms with Crippen LogP contribution in [0.5, 0.6) is 0 Å². The molecule has 100 valence electrons. The third-order valence-corrected chi connectivity index (χ3v) is 4.27. The summed E-state index contributed by atoms with van der Waals surface area (Å²) in [6.45, 7) is 2.21. The summed E-state index contributed by atoms with van der Waals surface area (Å²) in [6, 6.07) is 10.6. The van der Waals surface area contributed by atoms with E-state index < -0.39 is 0 Å². The molecule has 2 heterocycles. The van der Waals surface area contributed by atoms with E-state index >= 15 is 0 Å². The van der Waals surface area contributed by atoms with Gasteiger partial charge >= 0.3 is 0 Å². The Morgan fingerprint density at radius 3 is 2.79 bits per heavy atom. The minimum atomic E-state index is 0.605. The number of piperidine rings is 1. The predicted molar refractivity (Wildman–Crippen MR) is 81.2 cm³/mol. The fraction of sp³-hybridized carbons (Fsp3) is 0.400. The molecule has 0 radical (unpaired) electrons. The predicted octanol–water partition coefficient (Wildman–Crippen LogP) is 3.32. The van der Waals surface area contributed by atoms with Crippen LogP contribution in [-0.2, 0) is 7.05 Å². The van der Waals surface area contributed by atoms with Crippen LogP contribution in [0.25, 0.3) is 11.3 Å². The van der Waals surface area contributed by atoms with Crippen molar-refractivity contribution in [2.75, 3.05) is 13.1 Å². The number of halogens is 1. The van der Waals surface area contributed by atoms with Gasteiger partial charge in [0.05, 0.1) is 11.4 Å². The number of nitrogens with one attached hydrogen (secondary N) is 1. The highest BCUT2D eigenvalue weighted by atomic mass is 79.9. The Kier molecular flexibility index (Phi) is 3.71. The quantitative estimate of drug-likeness (QED) is 0.920. The van der Waals surface area contributed by atoms with Crippen molar-refractivity contribution in [1.29, 1.82) is 0 Å². The lowest BCUT2D eigenvalue weighted by Crippen LogP contribution is -2.26. The SMILES string of the molecule is Cn1nc(C2CCNCC2)cc1-c1cccc(Br)c1. The first-order valence-electron chi connectivity index (χ1n) is 6.74. The average Bonchev–Trinajstić information content (AvgIpc) is 2.82. The van der Waals surface area contributed by atoms with E-state index in [1.807, 2.05) is 17.8 Å². The largest absolute Gasteiger partial charge is 0.317 e. The van der Waals surface area contributed by atoms with Crippen molar-refractivity contribution in [2.24, 2.45) is 7.05 Å². The monoisotopic (exact) mass is 319 g/mol. The van der Waals surface area contributed by atoms with Gasteiger partial charge in [0.25, 0.3) is 0 Å². The second kappa shape index (κ2) is 5.47. The van der Waals surface area contributed by atoms with Gasteiger partial charge in [-0.05, 0) is 44.1 Å². The Labute approximate surface area is 122 Å². The normalized spacial score (nSPS) is 16.7. The molecule has 0 spiro atoms. The van der Waals surface area contributed by atoms with Gasteiger partial charge in [0, 0.05) is 23.0 Å². The molecule has 1 N–H and O–H groups in total. The molecule has 19 heavy (non-hydrogen) atoms. The van der Waals surface area contributed by atoms with E-state index in [0.29, 0.717) is 5.92 Å². The zero-order chi connectivity index (χ0) is 13.2. The van der Waals surface area contributed by atoms with Gasteiger partial charge in [-0.1, -0.05) is 28.1 Å². The third kappa shape index (κ3) is 2.74. The third-order valence-electron chi connectivity index (χ3n) is 3.78. The summed E-state index contributed by atoms with van der Waals surface area (Å²) >= 11 is 3.53. The number of hydrogen-bond acceptors (Lipinski definition) is 2. The topological polar surface area (TPSA) is 29.9 Å². The number of benzene rings is 1. The zero-order valence-corrected chi connectivity index (χ0v) is 12.7. The van der Waals surface area contributed by atoms with Crippen LogP contribution in [0.1, 0.15) is 24.5 Å². The van der Waals surface area contributed by atoms with Crippen molar-refractivity contribution >= 4 is 15.9 Å². The van der Waals surface area contributed by atoms with E-state index in [9.17, 15) is 0 Å². The molecule has 3 rings (SSSR count). The molecule has 0 atom stereocenters. The lowest BCUT2D eigenvalue weighted by molar-refractivity contribution is 0.450. The van der Waals surface area contributed by atoms with E-state index in [2.05, 4.69) is 45.5 Å². The minimum absolute atomic E-state index is 0.605. The van der Waals surface area contributed by atoms with Crippen molar-refractivity contribution in [3.8, 4) is 11.3 Å². The molecular weight excluding hydrogens is 302 g/mol. The van der Waals surface area contributed by atoms with Gasteiger partial charge in [-0.3, -0.25) is 4.68 Å². The summed E-state index contributed by atoms with van der Waals surface area (Å²) in [5, 5.41) is 8.12. The molecule has 0 amide bonds. The van der Waals surface area contributed by atoms with Crippen LogP contribution in [0.3, 0.4) is 0 Å². The molecule has 2 aromatic rings. The van der Waals surface area contributed by atoms with Crippen molar-refractivity contribution in [3.63, 3.8) is 0 Å². The number of aryl methyl sites for hydroxylation is 1. The van der Waals surface area contributed by atoms with Gasteiger partial charge in [-0.2, -0.15) is 5.10 Å². The van der Waals surface area contributed by atoms with Gasteiger partial charge in [-0.15, -0.1) is 0 Å². The number of hydrogen-bond donors (Lipinski definition) is 1. The molecule has 4 heteroatoms.